The fourth-order valence-corrected chi connectivity index (χ4v) is 3.96. The molecule has 0 aliphatic carbocycles. The molecule has 0 saturated carbocycles. The molecule has 1 N–H and O–H groups in total. The highest BCUT2D eigenvalue weighted by Crippen LogP contribution is 2.31. The third-order valence-electron chi connectivity index (χ3n) is 4.61. The molecular formula is C17H24N6OS. The van der Waals surface area contributed by atoms with Gasteiger partial charge < -0.3 is 14.6 Å². The number of rotatable bonds is 3. The number of nitrogens with one attached hydrogen (secondary N) is 1. The van der Waals surface area contributed by atoms with E-state index in [1.807, 2.05) is 34.9 Å². The number of hydrogen-bond donors (Lipinski definition) is 1. The van der Waals surface area contributed by atoms with Crippen molar-refractivity contribution in [2.45, 2.75) is 51.2 Å². The van der Waals surface area contributed by atoms with Gasteiger partial charge in [0.2, 0.25) is 10.1 Å². The van der Waals surface area contributed by atoms with Crippen molar-refractivity contribution >= 4 is 21.4 Å². The number of ether oxygens (including phenoxy) is 1. The molecule has 8 heteroatoms. The molecule has 3 aromatic heterocycles. The minimum atomic E-state index is 0.0397. The van der Waals surface area contributed by atoms with Gasteiger partial charge in [0.15, 0.2) is 0 Å². The van der Waals surface area contributed by atoms with Gasteiger partial charge in [0.05, 0.1) is 30.1 Å². The number of hydrogen-bond acceptors (Lipinski definition) is 6. The number of fused-ring (bicyclic) bond motifs is 1. The van der Waals surface area contributed by atoms with Crippen LogP contribution in [0.1, 0.15) is 51.1 Å². The largest absolute Gasteiger partial charge is 0.372 e. The Balaban J connectivity index is 1.47. The van der Waals surface area contributed by atoms with Gasteiger partial charge in [0, 0.05) is 25.1 Å². The van der Waals surface area contributed by atoms with Crippen molar-refractivity contribution in [1.82, 2.24) is 24.1 Å². The van der Waals surface area contributed by atoms with E-state index in [-0.39, 0.29) is 11.5 Å². The van der Waals surface area contributed by atoms with E-state index in [0.29, 0.717) is 6.04 Å². The predicted molar refractivity (Wildman–Crippen MR) is 98.1 cm³/mol. The smallest absolute Gasteiger partial charge is 0.214 e. The Morgan fingerprint density at radius 1 is 1.36 bits per heavy atom. The summed E-state index contributed by atoms with van der Waals surface area (Å²) in [5.41, 5.74) is 2.23. The minimum absolute atomic E-state index is 0.0397. The Hall–Kier alpha value is -1.93. The van der Waals surface area contributed by atoms with E-state index < -0.39 is 0 Å². The Kier molecular flexibility index (Phi) is 4.04. The van der Waals surface area contributed by atoms with Crippen LogP contribution in [0.25, 0.3) is 4.96 Å². The second-order valence-electron chi connectivity index (χ2n) is 7.66. The highest BCUT2D eigenvalue weighted by molar-refractivity contribution is 7.20. The first-order valence-corrected chi connectivity index (χ1v) is 9.43. The fraction of sp³-hybridized carbons (Fsp3) is 0.588. The van der Waals surface area contributed by atoms with Crippen molar-refractivity contribution in [3.63, 3.8) is 0 Å². The monoisotopic (exact) mass is 360 g/mol. The first kappa shape index (κ1) is 16.5. The lowest BCUT2D eigenvalue weighted by atomic mass is 9.93. The summed E-state index contributed by atoms with van der Waals surface area (Å²) < 4.78 is 9.84. The van der Waals surface area contributed by atoms with Crippen LogP contribution in [0.2, 0.25) is 0 Å². The van der Waals surface area contributed by atoms with Gasteiger partial charge in [0.25, 0.3) is 0 Å². The Bertz CT molecular complexity index is 842. The first-order valence-electron chi connectivity index (χ1n) is 8.61. The number of nitrogens with zero attached hydrogens (tertiary/aromatic N) is 5. The van der Waals surface area contributed by atoms with Crippen molar-refractivity contribution in [2.24, 2.45) is 7.05 Å². The van der Waals surface area contributed by atoms with Crippen LogP contribution in [-0.2, 0) is 17.2 Å². The van der Waals surface area contributed by atoms with Crippen LogP contribution in [0.15, 0.2) is 18.7 Å². The Labute approximate surface area is 151 Å². The molecule has 1 fully saturated rings. The summed E-state index contributed by atoms with van der Waals surface area (Å²) in [7, 11) is 2.01. The van der Waals surface area contributed by atoms with Crippen molar-refractivity contribution in [3.05, 3.63) is 30.1 Å². The van der Waals surface area contributed by atoms with Gasteiger partial charge in [-0.2, -0.15) is 0 Å². The topological polar surface area (TPSA) is 69.3 Å². The molecular weight excluding hydrogens is 336 g/mol. The molecule has 1 aliphatic rings. The zero-order chi connectivity index (χ0) is 17.6. The molecule has 0 aromatic carbocycles. The minimum Gasteiger partial charge on any atom is -0.372 e. The van der Waals surface area contributed by atoms with Gasteiger partial charge in [-0.05, 0) is 12.8 Å². The number of anilines is 1. The summed E-state index contributed by atoms with van der Waals surface area (Å²) in [4.78, 5) is 9.84. The van der Waals surface area contributed by atoms with Crippen molar-refractivity contribution < 1.29 is 4.74 Å². The molecule has 3 aromatic rings. The van der Waals surface area contributed by atoms with Crippen LogP contribution in [0.4, 0.5) is 5.13 Å². The summed E-state index contributed by atoms with van der Waals surface area (Å²) in [5.74, 6) is 0. The molecule has 1 aliphatic heterocycles. The summed E-state index contributed by atoms with van der Waals surface area (Å²) >= 11 is 1.60. The van der Waals surface area contributed by atoms with Gasteiger partial charge in [-0.15, -0.1) is 5.10 Å². The lowest BCUT2D eigenvalue weighted by Gasteiger charge is -2.30. The number of aryl methyl sites for hydroxylation is 1. The molecule has 25 heavy (non-hydrogen) atoms. The van der Waals surface area contributed by atoms with Crippen molar-refractivity contribution in [3.8, 4) is 0 Å². The average molecular weight is 360 g/mol. The van der Waals surface area contributed by atoms with E-state index in [4.69, 9.17) is 9.72 Å². The van der Waals surface area contributed by atoms with E-state index in [1.54, 1.807) is 11.3 Å². The Morgan fingerprint density at radius 3 is 2.88 bits per heavy atom. The normalized spacial score (nSPS) is 21.8. The summed E-state index contributed by atoms with van der Waals surface area (Å²) in [6.07, 6.45) is 7.70. The zero-order valence-corrected chi connectivity index (χ0v) is 15.9. The average Bonchev–Trinajstić information content (AvgIpc) is 3.21. The van der Waals surface area contributed by atoms with E-state index in [9.17, 15) is 0 Å². The van der Waals surface area contributed by atoms with Gasteiger partial charge in [-0.3, -0.25) is 0 Å². The maximum absolute atomic E-state index is 5.93. The van der Waals surface area contributed by atoms with Crippen molar-refractivity contribution in [1.29, 1.82) is 0 Å². The van der Waals surface area contributed by atoms with Crippen LogP contribution < -0.4 is 5.32 Å². The molecule has 0 radical (unpaired) electrons. The van der Waals surface area contributed by atoms with Crippen LogP contribution in [0.3, 0.4) is 0 Å². The zero-order valence-electron chi connectivity index (χ0n) is 15.1. The third kappa shape index (κ3) is 3.28. The maximum Gasteiger partial charge on any atom is 0.214 e. The number of imidazole rings is 2. The summed E-state index contributed by atoms with van der Waals surface area (Å²) in [5, 5.41) is 9.13. The first-order chi connectivity index (χ1) is 11.9. The number of aromatic nitrogens is 5. The molecule has 0 spiro atoms. The molecule has 0 amide bonds. The quantitative estimate of drug-likeness (QED) is 0.777. The molecule has 0 unspecified atom stereocenters. The lowest BCUT2D eigenvalue weighted by Crippen LogP contribution is -2.30. The van der Waals surface area contributed by atoms with Crippen LogP contribution in [0.5, 0.6) is 0 Å². The van der Waals surface area contributed by atoms with Crippen LogP contribution >= 0.6 is 11.3 Å². The lowest BCUT2D eigenvalue weighted by molar-refractivity contribution is 0.00558. The second kappa shape index (κ2) is 6.10. The van der Waals surface area contributed by atoms with Gasteiger partial charge >= 0.3 is 0 Å². The van der Waals surface area contributed by atoms with E-state index in [2.05, 4.69) is 36.2 Å². The molecule has 4 heterocycles. The van der Waals surface area contributed by atoms with Crippen molar-refractivity contribution in [2.75, 3.05) is 11.9 Å². The van der Waals surface area contributed by atoms with Gasteiger partial charge in [0.1, 0.15) is 6.10 Å². The fourth-order valence-electron chi connectivity index (χ4n) is 3.11. The van der Waals surface area contributed by atoms with Crippen LogP contribution in [-0.4, -0.2) is 36.8 Å². The van der Waals surface area contributed by atoms with E-state index in [0.717, 1.165) is 40.9 Å². The van der Waals surface area contributed by atoms with Gasteiger partial charge in [-0.1, -0.05) is 32.1 Å². The van der Waals surface area contributed by atoms with Gasteiger partial charge in [-0.25, -0.2) is 14.5 Å². The summed E-state index contributed by atoms with van der Waals surface area (Å²) in [6, 6.07) is 0.339. The standard InChI is InChI=1S/C17H24N6OS/c1-17(2,3)14-9-23-16(20-14)25-15(21-23)19-11-5-6-24-13(7-11)12-8-18-10-22(12)4/h8-11,13H,5-7H2,1-4H3,(H,19,21)/t11-,13+/m1/s1. The second-order valence-corrected chi connectivity index (χ2v) is 8.62. The molecule has 2 atom stereocenters. The SMILES string of the molecule is Cn1cncc1[C@@H]1C[C@H](Nc2nn3cc(C(C)(C)C)nc3s2)CCO1. The molecule has 1 saturated heterocycles. The molecule has 4 rings (SSSR count). The Morgan fingerprint density at radius 2 is 2.20 bits per heavy atom. The van der Waals surface area contributed by atoms with E-state index in [1.165, 1.54) is 0 Å². The maximum atomic E-state index is 5.93. The molecule has 134 valence electrons. The third-order valence-corrected chi connectivity index (χ3v) is 5.46. The highest BCUT2D eigenvalue weighted by atomic mass is 32.1. The molecule has 0 bridgehead atoms. The summed E-state index contributed by atoms with van der Waals surface area (Å²) in [6.45, 7) is 7.24. The van der Waals surface area contributed by atoms with Crippen LogP contribution in [0, 0.1) is 0 Å². The van der Waals surface area contributed by atoms with E-state index >= 15 is 0 Å². The highest BCUT2D eigenvalue weighted by Gasteiger charge is 2.27. The molecule has 7 nitrogen and oxygen atoms in total. The predicted octanol–water partition coefficient (Wildman–Crippen LogP) is 3.15.